The maximum atomic E-state index is 13.4. The quantitative estimate of drug-likeness (QED) is 0.519. The fourth-order valence-corrected chi connectivity index (χ4v) is 4.03. The number of carbonyl (C=O) groups excluding carboxylic acids is 2. The second kappa shape index (κ2) is 11.8. The summed E-state index contributed by atoms with van der Waals surface area (Å²) in [5, 5.41) is 2.80. The Balaban J connectivity index is 2.34. The number of halogens is 1. The van der Waals surface area contributed by atoms with Gasteiger partial charge >= 0.3 is 0 Å². The predicted octanol–water partition coefficient (Wildman–Crippen LogP) is 2.79. The van der Waals surface area contributed by atoms with Crippen molar-refractivity contribution in [2.24, 2.45) is 5.92 Å². The van der Waals surface area contributed by atoms with Crippen LogP contribution in [0.1, 0.15) is 26.3 Å². The van der Waals surface area contributed by atoms with Crippen LogP contribution in [0.5, 0.6) is 5.75 Å². The van der Waals surface area contributed by atoms with Crippen LogP contribution >= 0.6 is 0 Å². The Hall–Kier alpha value is -3.14. The summed E-state index contributed by atoms with van der Waals surface area (Å²) in [5.74, 6) is -0.602. The van der Waals surface area contributed by atoms with Crippen LogP contribution in [0.15, 0.2) is 48.5 Å². The first-order valence-electron chi connectivity index (χ1n) is 10.9. The summed E-state index contributed by atoms with van der Waals surface area (Å²) in [6.45, 7) is 5.42. The third kappa shape index (κ3) is 7.72. The maximum absolute atomic E-state index is 13.4. The lowest BCUT2D eigenvalue weighted by atomic mass is 10.1. The Morgan fingerprint density at radius 1 is 1.03 bits per heavy atom. The molecule has 0 aliphatic carbocycles. The molecule has 8 nitrogen and oxygen atoms in total. The van der Waals surface area contributed by atoms with Crippen LogP contribution in [0.2, 0.25) is 0 Å². The minimum Gasteiger partial charge on any atom is -0.497 e. The van der Waals surface area contributed by atoms with Gasteiger partial charge in [-0.2, -0.15) is 0 Å². The molecule has 0 aromatic heterocycles. The maximum Gasteiger partial charge on any atom is 0.244 e. The molecule has 1 atom stereocenters. The molecule has 0 fully saturated rings. The van der Waals surface area contributed by atoms with Crippen LogP contribution in [0.3, 0.4) is 0 Å². The second-order valence-corrected chi connectivity index (χ2v) is 10.3. The van der Waals surface area contributed by atoms with Crippen molar-refractivity contribution in [1.29, 1.82) is 0 Å². The molecule has 0 heterocycles. The van der Waals surface area contributed by atoms with E-state index in [4.69, 9.17) is 4.74 Å². The molecule has 0 saturated carbocycles. The summed E-state index contributed by atoms with van der Waals surface area (Å²) < 4.78 is 44.5. The molecular formula is C24H32FN3O5S. The molecule has 0 aliphatic heterocycles. The zero-order chi connectivity index (χ0) is 25.5. The summed E-state index contributed by atoms with van der Waals surface area (Å²) in [6, 6.07) is 11.0. The van der Waals surface area contributed by atoms with Crippen molar-refractivity contribution in [1.82, 2.24) is 10.2 Å². The Bertz CT molecular complexity index is 1070. The average molecular weight is 494 g/mol. The minimum atomic E-state index is -3.82. The first-order chi connectivity index (χ1) is 15.9. The largest absolute Gasteiger partial charge is 0.497 e. The summed E-state index contributed by atoms with van der Waals surface area (Å²) in [5.41, 5.74) is 0.893. The van der Waals surface area contributed by atoms with Crippen molar-refractivity contribution in [3.05, 3.63) is 59.9 Å². The van der Waals surface area contributed by atoms with Gasteiger partial charge in [0.25, 0.3) is 0 Å². The first-order valence-corrected chi connectivity index (χ1v) is 12.7. The Morgan fingerprint density at radius 3 is 2.12 bits per heavy atom. The van der Waals surface area contributed by atoms with E-state index in [-0.39, 0.29) is 24.1 Å². The van der Waals surface area contributed by atoms with Crippen molar-refractivity contribution < 1.29 is 27.1 Å². The van der Waals surface area contributed by atoms with Crippen molar-refractivity contribution in [3.8, 4) is 5.75 Å². The molecule has 2 rings (SSSR count). The molecule has 0 radical (unpaired) electrons. The lowest BCUT2D eigenvalue weighted by Gasteiger charge is -2.31. The number of amides is 2. The van der Waals surface area contributed by atoms with Crippen LogP contribution in [0, 0.1) is 11.7 Å². The average Bonchev–Trinajstić information content (AvgIpc) is 2.79. The number of carbonyl (C=O) groups is 2. The number of hydrogen-bond donors (Lipinski definition) is 1. The van der Waals surface area contributed by atoms with E-state index < -0.39 is 34.3 Å². The lowest BCUT2D eigenvalue weighted by Crippen LogP contribution is -2.51. The zero-order valence-corrected chi connectivity index (χ0v) is 20.9. The molecule has 2 aromatic rings. The number of ether oxygens (including phenoxy) is 1. The third-order valence-corrected chi connectivity index (χ3v) is 6.30. The lowest BCUT2D eigenvalue weighted by molar-refractivity contribution is -0.139. The molecule has 10 heteroatoms. The summed E-state index contributed by atoms with van der Waals surface area (Å²) >= 11 is 0. The van der Waals surface area contributed by atoms with E-state index in [0.717, 1.165) is 10.6 Å². The minimum absolute atomic E-state index is 0.00952. The van der Waals surface area contributed by atoms with Crippen molar-refractivity contribution in [2.45, 2.75) is 33.4 Å². The zero-order valence-electron chi connectivity index (χ0n) is 20.1. The Morgan fingerprint density at radius 2 is 1.62 bits per heavy atom. The number of anilines is 1. The molecule has 0 unspecified atom stereocenters. The SMILES string of the molecule is COc1ccc(N(CC(=O)N(Cc2ccc(F)cc2)[C@@H](C)C(=O)NCC(C)C)S(C)(=O)=O)cc1. The first kappa shape index (κ1) is 27.1. The topological polar surface area (TPSA) is 96.0 Å². The van der Waals surface area contributed by atoms with E-state index in [9.17, 15) is 22.4 Å². The van der Waals surface area contributed by atoms with E-state index in [0.29, 0.717) is 17.9 Å². The van der Waals surface area contributed by atoms with Gasteiger partial charge in [0.2, 0.25) is 21.8 Å². The van der Waals surface area contributed by atoms with Crippen molar-refractivity contribution in [3.63, 3.8) is 0 Å². The third-order valence-electron chi connectivity index (χ3n) is 5.16. The van der Waals surface area contributed by atoms with Crippen molar-refractivity contribution >= 4 is 27.5 Å². The monoisotopic (exact) mass is 493 g/mol. The fraction of sp³-hybridized carbons (Fsp3) is 0.417. The molecule has 2 aromatic carbocycles. The highest BCUT2D eigenvalue weighted by atomic mass is 32.2. The van der Waals surface area contributed by atoms with Gasteiger partial charge in [-0.25, -0.2) is 12.8 Å². The normalized spacial score (nSPS) is 12.2. The van der Waals surface area contributed by atoms with Gasteiger partial charge in [-0.15, -0.1) is 0 Å². The van der Waals surface area contributed by atoms with E-state index in [1.54, 1.807) is 19.1 Å². The number of hydrogen-bond acceptors (Lipinski definition) is 5. The Kier molecular flexibility index (Phi) is 9.43. The number of nitrogens with one attached hydrogen (secondary N) is 1. The van der Waals surface area contributed by atoms with Crippen LogP contribution in [0.4, 0.5) is 10.1 Å². The van der Waals surface area contributed by atoms with Gasteiger partial charge in [0.05, 0.1) is 19.1 Å². The number of nitrogens with zero attached hydrogens (tertiary/aromatic N) is 2. The number of benzene rings is 2. The molecule has 2 amide bonds. The van der Waals surface area contributed by atoms with Crippen LogP contribution in [0.25, 0.3) is 0 Å². The van der Waals surface area contributed by atoms with E-state index in [2.05, 4.69) is 5.32 Å². The van der Waals surface area contributed by atoms with E-state index in [1.165, 1.54) is 48.4 Å². The smallest absolute Gasteiger partial charge is 0.244 e. The van der Waals surface area contributed by atoms with Gasteiger partial charge in [0.1, 0.15) is 24.2 Å². The highest BCUT2D eigenvalue weighted by molar-refractivity contribution is 7.92. The molecular weight excluding hydrogens is 461 g/mol. The van der Waals surface area contributed by atoms with Gasteiger partial charge in [-0.1, -0.05) is 26.0 Å². The molecule has 0 bridgehead atoms. The number of sulfonamides is 1. The van der Waals surface area contributed by atoms with Crippen molar-refractivity contribution in [2.75, 3.05) is 30.8 Å². The van der Waals surface area contributed by atoms with Crippen LogP contribution in [-0.4, -0.2) is 57.6 Å². The van der Waals surface area contributed by atoms with E-state index >= 15 is 0 Å². The van der Waals surface area contributed by atoms with Gasteiger partial charge in [0.15, 0.2) is 0 Å². The Labute approximate surface area is 200 Å². The summed E-state index contributed by atoms with van der Waals surface area (Å²) in [7, 11) is -2.33. The highest BCUT2D eigenvalue weighted by Crippen LogP contribution is 2.22. The molecule has 186 valence electrons. The molecule has 0 spiro atoms. The summed E-state index contributed by atoms with van der Waals surface area (Å²) in [4.78, 5) is 27.4. The molecule has 0 aliphatic rings. The predicted molar refractivity (Wildman–Crippen MR) is 129 cm³/mol. The number of rotatable bonds is 11. The van der Waals surface area contributed by atoms with Gasteiger partial charge < -0.3 is 15.0 Å². The molecule has 34 heavy (non-hydrogen) atoms. The molecule has 1 N–H and O–H groups in total. The van der Waals surface area contributed by atoms with Crippen LogP contribution < -0.4 is 14.4 Å². The van der Waals surface area contributed by atoms with Gasteiger partial charge in [-0.05, 0) is 54.8 Å². The number of methoxy groups -OCH3 is 1. The second-order valence-electron chi connectivity index (χ2n) is 8.43. The fourth-order valence-electron chi connectivity index (χ4n) is 3.18. The van der Waals surface area contributed by atoms with Gasteiger partial charge in [0, 0.05) is 13.1 Å². The summed E-state index contributed by atoms with van der Waals surface area (Å²) in [6.07, 6.45) is 1.01. The molecule has 0 saturated heterocycles. The van der Waals surface area contributed by atoms with Gasteiger partial charge in [-0.3, -0.25) is 13.9 Å². The standard InChI is InChI=1S/C24H32FN3O5S/c1-17(2)14-26-24(30)18(3)27(15-19-6-8-20(25)9-7-19)23(29)16-28(34(5,31)32)21-10-12-22(33-4)13-11-21/h6-13,17-18H,14-16H2,1-5H3,(H,26,30)/t18-/m0/s1. The van der Waals surface area contributed by atoms with Crippen LogP contribution in [-0.2, 0) is 26.2 Å². The van der Waals surface area contributed by atoms with E-state index in [1.807, 2.05) is 13.8 Å². The highest BCUT2D eigenvalue weighted by Gasteiger charge is 2.30.